The molecule has 4 rings (SSSR count). The number of quaternary nitrogens is 1. The predicted octanol–water partition coefficient (Wildman–Crippen LogP) is 3.30. The van der Waals surface area contributed by atoms with Gasteiger partial charge in [-0.1, -0.05) is 6.92 Å². The highest BCUT2D eigenvalue weighted by Gasteiger charge is 2.62. The highest BCUT2D eigenvalue weighted by atomic mass is 16.6. The minimum Gasteiger partial charge on any atom is -0.450 e. The van der Waals surface area contributed by atoms with Gasteiger partial charge in [-0.3, -0.25) is 4.48 Å². The summed E-state index contributed by atoms with van der Waals surface area (Å²) in [5.74, 6) is 1.16. The normalized spacial score (nSPS) is 38.1. The topological polar surface area (TPSA) is 58.6 Å². The standard InChI is InChI=1S/C23H40N3O3/c1-3-21(27)26(14-6-5-7-20(26)18-8-11-24-12-9-18)19-15-23(16-19)10-13-25(17-23)22(28)29-4-2/h18-20,24H,3-17H2,1-2H3/q+1. The van der Waals surface area contributed by atoms with Crippen LogP contribution in [0.1, 0.15) is 71.6 Å². The van der Waals surface area contributed by atoms with Gasteiger partial charge in [-0.15, -0.1) is 0 Å². The molecule has 6 heteroatoms. The SMILES string of the molecule is CCOC(=O)N1CCC2(CC([N+]3(C(=O)CC)CCCCC3C3CCNCC3)C2)C1. The second-order valence-corrected chi connectivity index (χ2v) is 9.98. The van der Waals surface area contributed by atoms with Crippen LogP contribution in [0.3, 0.4) is 0 Å². The summed E-state index contributed by atoms with van der Waals surface area (Å²) in [6.07, 6.45) is 9.90. The molecule has 3 aliphatic heterocycles. The summed E-state index contributed by atoms with van der Waals surface area (Å²) in [6.45, 7) is 9.24. The molecule has 164 valence electrons. The average Bonchev–Trinajstić information content (AvgIpc) is 3.19. The van der Waals surface area contributed by atoms with E-state index in [0.29, 0.717) is 36.9 Å². The van der Waals surface area contributed by atoms with E-state index in [-0.39, 0.29) is 11.5 Å². The van der Waals surface area contributed by atoms with Gasteiger partial charge in [0.25, 0.3) is 0 Å². The molecule has 4 aliphatic rings. The number of nitrogens with zero attached hydrogens (tertiary/aromatic N) is 2. The number of piperidine rings is 2. The van der Waals surface area contributed by atoms with E-state index in [1.165, 1.54) is 32.1 Å². The zero-order chi connectivity index (χ0) is 20.5. The number of likely N-dealkylation sites (tertiary alicyclic amines) is 2. The number of nitrogens with one attached hydrogen (secondary N) is 1. The minimum atomic E-state index is -0.160. The Morgan fingerprint density at radius 2 is 1.90 bits per heavy atom. The highest BCUT2D eigenvalue weighted by molar-refractivity contribution is 5.69. The zero-order valence-corrected chi connectivity index (χ0v) is 18.5. The predicted molar refractivity (Wildman–Crippen MR) is 112 cm³/mol. The first-order chi connectivity index (χ1) is 14.0. The lowest BCUT2D eigenvalue weighted by Gasteiger charge is -2.59. The largest absolute Gasteiger partial charge is 0.450 e. The van der Waals surface area contributed by atoms with Crippen molar-refractivity contribution in [3.8, 4) is 0 Å². The van der Waals surface area contributed by atoms with Crippen molar-refractivity contribution in [3.63, 3.8) is 0 Å². The van der Waals surface area contributed by atoms with Crippen molar-refractivity contribution in [2.75, 3.05) is 39.3 Å². The fourth-order valence-corrected chi connectivity index (χ4v) is 7.13. The Balaban J connectivity index is 1.51. The summed E-state index contributed by atoms with van der Waals surface area (Å²) >= 11 is 0. The second-order valence-electron chi connectivity index (χ2n) is 9.98. The Morgan fingerprint density at radius 3 is 2.59 bits per heavy atom. The molecule has 0 radical (unpaired) electrons. The molecule has 1 saturated carbocycles. The van der Waals surface area contributed by atoms with Gasteiger partial charge in [-0.2, -0.15) is 0 Å². The molecule has 4 fully saturated rings. The van der Waals surface area contributed by atoms with Gasteiger partial charge in [-0.25, -0.2) is 9.59 Å². The molecule has 0 aromatic carbocycles. The quantitative estimate of drug-likeness (QED) is 0.728. The molecule has 29 heavy (non-hydrogen) atoms. The van der Waals surface area contributed by atoms with Gasteiger partial charge in [0, 0.05) is 43.7 Å². The first-order valence-corrected chi connectivity index (χ1v) is 12.1. The van der Waals surface area contributed by atoms with Gasteiger partial charge in [0.2, 0.25) is 0 Å². The highest BCUT2D eigenvalue weighted by Crippen LogP contribution is 2.55. The molecule has 1 N–H and O–H groups in total. The molecule has 3 saturated heterocycles. The van der Waals surface area contributed by atoms with E-state index in [0.717, 1.165) is 56.5 Å². The van der Waals surface area contributed by atoms with E-state index in [4.69, 9.17) is 4.74 Å². The van der Waals surface area contributed by atoms with Crippen LogP contribution in [0.25, 0.3) is 0 Å². The Bertz CT molecular complexity index is 612. The van der Waals surface area contributed by atoms with Crippen molar-refractivity contribution in [3.05, 3.63) is 0 Å². The van der Waals surface area contributed by atoms with Crippen LogP contribution in [0.5, 0.6) is 0 Å². The van der Waals surface area contributed by atoms with Crippen LogP contribution < -0.4 is 5.32 Å². The average molecular weight is 407 g/mol. The first kappa shape index (κ1) is 21.1. The Hall–Kier alpha value is -1.14. The van der Waals surface area contributed by atoms with Gasteiger partial charge in [0.1, 0.15) is 0 Å². The van der Waals surface area contributed by atoms with E-state index in [1.54, 1.807) is 0 Å². The fourth-order valence-electron chi connectivity index (χ4n) is 7.13. The summed E-state index contributed by atoms with van der Waals surface area (Å²) in [7, 11) is 0. The second kappa shape index (κ2) is 8.54. The molecule has 2 unspecified atom stereocenters. The van der Waals surface area contributed by atoms with Gasteiger partial charge in [-0.05, 0) is 52.1 Å². The summed E-state index contributed by atoms with van der Waals surface area (Å²) in [5, 5.41) is 3.51. The van der Waals surface area contributed by atoms with E-state index < -0.39 is 0 Å². The zero-order valence-electron chi connectivity index (χ0n) is 18.5. The van der Waals surface area contributed by atoms with Crippen LogP contribution in [0.2, 0.25) is 0 Å². The molecule has 0 bridgehead atoms. The van der Waals surface area contributed by atoms with Crippen LogP contribution in [-0.2, 0) is 9.53 Å². The minimum absolute atomic E-state index is 0.160. The lowest BCUT2D eigenvalue weighted by molar-refractivity contribution is -0.921. The van der Waals surface area contributed by atoms with Gasteiger partial charge < -0.3 is 15.0 Å². The summed E-state index contributed by atoms with van der Waals surface area (Å²) in [5.41, 5.74) is 0.229. The summed E-state index contributed by atoms with van der Waals surface area (Å²) in [4.78, 5) is 27.6. The van der Waals surface area contributed by atoms with Crippen LogP contribution in [-0.4, -0.2) is 72.8 Å². The molecule has 0 aromatic heterocycles. The maximum absolute atomic E-state index is 13.5. The lowest BCUT2D eigenvalue weighted by Crippen LogP contribution is -2.73. The van der Waals surface area contributed by atoms with Crippen LogP contribution in [0.15, 0.2) is 0 Å². The van der Waals surface area contributed by atoms with Crippen molar-refractivity contribution in [1.82, 2.24) is 10.2 Å². The van der Waals surface area contributed by atoms with Crippen molar-refractivity contribution in [1.29, 1.82) is 0 Å². The Labute approximate surface area is 175 Å². The summed E-state index contributed by atoms with van der Waals surface area (Å²) < 4.78 is 5.99. The molecule has 2 atom stereocenters. The number of carbonyl (C=O) groups is 2. The van der Waals surface area contributed by atoms with E-state index >= 15 is 0 Å². The molecule has 2 amide bonds. The molecule has 1 spiro atoms. The van der Waals surface area contributed by atoms with Crippen LogP contribution >= 0.6 is 0 Å². The molecule has 3 heterocycles. The smallest absolute Gasteiger partial charge is 0.409 e. The van der Waals surface area contributed by atoms with Crippen LogP contribution in [0.4, 0.5) is 4.79 Å². The summed E-state index contributed by atoms with van der Waals surface area (Å²) in [6, 6.07) is 0.980. The fraction of sp³-hybridized carbons (Fsp3) is 0.913. The van der Waals surface area contributed by atoms with Crippen molar-refractivity contribution in [2.24, 2.45) is 11.3 Å². The monoisotopic (exact) mass is 406 g/mol. The van der Waals surface area contributed by atoms with E-state index in [9.17, 15) is 9.59 Å². The van der Waals surface area contributed by atoms with Crippen molar-refractivity contribution < 1.29 is 18.8 Å². The maximum Gasteiger partial charge on any atom is 0.409 e. The third-order valence-corrected chi connectivity index (χ3v) is 8.52. The number of hydrogen-bond acceptors (Lipinski definition) is 4. The number of amides is 2. The Kier molecular flexibility index (Phi) is 6.22. The molecular formula is C23H40N3O3+. The Morgan fingerprint density at radius 1 is 1.14 bits per heavy atom. The maximum atomic E-state index is 13.5. The van der Waals surface area contributed by atoms with Crippen molar-refractivity contribution in [2.45, 2.75) is 83.7 Å². The third-order valence-electron chi connectivity index (χ3n) is 8.52. The van der Waals surface area contributed by atoms with Gasteiger partial charge in [0.15, 0.2) is 0 Å². The van der Waals surface area contributed by atoms with Crippen molar-refractivity contribution >= 4 is 12.0 Å². The number of ether oxygens (including phenoxy) is 1. The molecule has 1 aliphatic carbocycles. The molecule has 0 aromatic rings. The number of carbonyl (C=O) groups excluding carboxylic acids is 2. The number of hydrogen-bond donors (Lipinski definition) is 1. The van der Waals surface area contributed by atoms with E-state index in [1.807, 2.05) is 11.8 Å². The van der Waals surface area contributed by atoms with Gasteiger partial charge in [0.05, 0.1) is 31.7 Å². The molecular weight excluding hydrogens is 366 g/mol. The lowest BCUT2D eigenvalue weighted by atomic mass is 9.62. The number of rotatable bonds is 4. The van der Waals surface area contributed by atoms with Crippen LogP contribution in [0, 0.1) is 11.3 Å². The van der Waals surface area contributed by atoms with E-state index in [2.05, 4.69) is 12.2 Å². The van der Waals surface area contributed by atoms with Gasteiger partial charge >= 0.3 is 12.0 Å². The third kappa shape index (κ3) is 3.71. The first-order valence-electron chi connectivity index (χ1n) is 12.1. The molecule has 6 nitrogen and oxygen atoms in total.